The molecule has 0 bridgehead atoms. The van der Waals surface area contributed by atoms with Crippen molar-refractivity contribution < 1.29 is 14.7 Å². The predicted molar refractivity (Wildman–Crippen MR) is 92.3 cm³/mol. The minimum Gasteiger partial charge on any atom is -0.395 e. The molecule has 3 saturated carbocycles. The molecular weight excluding hydrogens is 300 g/mol. The van der Waals surface area contributed by atoms with Crippen molar-refractivity contribution in [2.75, 3.05) is 6.61 Å². The Kier molecular flexibility index (Phi) is 3.80. The fraction of sp³-hybridized carbons (Fsp3) is 0.810. The minimum atomic E-state index is -0.146. The maximum Gasteiger partial charge on any atom is 0.155 e. The number of Topliss-reactive ketones (excluding diaryl/α,β-unsaturated/α-hetero) is 1. The van der Waals surface area contributed by atoms with Gasteiger partial charge in [-0.05, 0) is 81.1 Å². The third-order valence-corrected chi connectivity index (χ3v) is 8.46. The van der Waals surface area contributed by atoms with Crippen molar-refractivity contribution in [3.8, 4) is 0 Å². The molecule has 3 fully saturated rings. The van der Waals surface area contributed by atoms with Crippen LogP contribution in [-0.2, 0) is 9.59 Å². The lowest BCUT2D eigenvalue weighted by Crippen LogP contribution is -2.53. The number of hydrogen-bond donors (Lipinski definition) is 1. The van der Waals surface area contributed by atoms with Crippen molar-refractivity contribution in [3.05, 3.63) is 11.6 Å². The topological polar surface area (TPSA) is 54.4 Å². The van der Waals surface area contributed by atoms with Gasteiger partial charge in [0.25, 0.3) is 0 Å². The number of fused-ring (bicyclic) bond motifs is 5. The number of aliphatic hydroxyl groups excluding tert-OH is 1. The van der Waals surface area contributed by atoms with Gasteiger partial charge in [-0.15, -0.1) is 0 Å². The van der Waals surface area contributed by atoms with Gasteiger partial charge in [0, 0.05) is 17.8 Å². The third kappa shape index (κ3) is 2.06. The van der Waals surface area contributed by atoms with E-state index in [4.69, 9.17) is 0 Å². The van der Waals surface area contributed by atoms with Crippen molar-refractivity contribution in [1.29, 1.82) is 0 Å². The summed E-state index contributed by atoms with van der Waals surface area (Å²) in [5.74, 6) is 2.58. The highest BCUT2D eigenvalue weighted by atomic mass is 16.3. The summed E-state index contributed by atoms with van der Waals surface area (Å²) in [6, 6.07) is 0. The summed E-state index contributed by atoms with van der Waals surface area (Å²) >= 11 is 0. The molecule has 0 amide bonds. The van der Waals surface area contributed by atoms with E-state index in [2.05, 4.69) is 6.92 Å². The molecule has 1 N–H and O–H groups in total. The molecule has 24 heavy (non-hydrogen) atoms. The predicted octanol–water partition coefficient (Wildman–Crippen LogP) is 3.70. The molecule has 0 aromatic rings. The normalized spacial score (nSPS) is 47.5. The van der Waals surface area contributed by atoms with Crippen LogP contribution in [0.5, 0.6) is 0 Å². The van der Waals surface area contributed by atoms with E-state index < -0.39 is 0 Å². The van der Waals surface area contributed by atoms with Crippen LogP contribution in [0.15, 0.2) is 11.6 Å². The first-order valence-corrected chi connectivity index (χ1v) is 9.77. The summed E-state index contributed by atoms with van der Waals surface area (Å²) in [4.78, 5) is 24.1. The maximum absolute atomic E-state index is 12.2. The molecule has 0 aliphatic heterocycles. The van der Waals surface area contributed by atoms with E-state index in [1.54, 1.807) is 6.92 Å². The number of carbonyl (C=O) groups is 2. The van der Waals surface area contributed by atoms with Crippen LogP contribution in [-0.4, -0.2) is 23.3 Å². The van der Waals surface area contributed by atoms with Crippen LogP contribution >= 0.6 is 0 Å². The van der Waals surface area contributed by atoms with E-state index in [1.165, 1.54) is 12.0 Å². The van der Waals surface area contributed by atoms with E-state index in [1.807, 2.05) is 6.08 Å². The molecule has 4 aliphatic rings. The molecule has 4 rings (SSSR count). The molecule has 3 nitrogen and oxygen atoms in total. The van der Waals surface area contributed by atoms with Gasteiger partial charge in [-0.2, -0.15) is 0 Å². The van der Waals surface area contributed by atoms with E-state index in [0.29, 0.717) is 30.0 Å². The second-order valence-corrected chi connectivity index (χ2v) is 9.15. The molecular formula is C21H30O3. The zero-order valence-electron chi connectivity index (χ0n) is 15.0. The van der Waals surface area contributed by atoms with Gasteiger partial charge < -0.3 is 5.11 Å². The van der Waals surface area contributed by atoms with E-state index in [9.17, 15) is 14.7 Å². The van der Waals surface area contributed by atoms with Crippen molar-refractivity contribution in [3.63, 3.8) is 0 Å². The Labute approximate surface area is 144 Å². The van der Waals surface area contributed by atoms with Crippen LogP contribution in [0.2, 0.25) is 0 Å². The van der Waals surface area contributed by atoms with Gasteiger partial charge in [0.2, 0.25) is 0 Å². The summed E-state index contributed by atoms with van der Waals surface area (Å²) in [6.45, 7) is 4.31. The van der Waals surface area contributed by atoms with Gasteiger partial charge in [0.15, 0.2) is 5.78 Å². The van der Waals surface area contributed by atoms with Crippen LogP contribution in [0, 0.1) is 34.5 Å². The molecule has 132 valence electrons. The second kappa shape index (κ2) is 5.52. The highest BCUT2D eigenvalue weighted by Gasteiger charge is 2.60. The minimum absolute atomic E-state index is 0.146. The van der Waals surface area contributed by atoms with Crippen LogP contribution < -0.4 is 0 Å². The largest absolute Gasteiger partial charge is 0.395 e. The molecule has 0 aromatic carbocycles. The summed E-state index contributed by atoms with van der Waals surface area (Å²) in [5.41, 5.74) is 1.24. The lowest BCUT2D eigenvalue weighted by molar-refractivity contribution is -0.130. The van der Waals surface area contributed by atoms with Crippen LogP contribution in [0.3, 0.4) is 0 Å². The Morgan fingerprint density at radius 1 is 1.17 bits per heavy atom. The smallest absolute Gasteiger partial charge is 0.155 e. The molecule has 3 heteroatoms. The number of carbonyl (C=O) groups excluding carboxylic acids is 2. The van der Waals surface area contributed by atoms with Gasteiger partial charge in [-0.1, -0.05) is 12.5 Å². The van der Waals surface area contributed by atoms with Crippen molar-refractivity contribution >= 4 is 11.6 Å². The molecule has 0 spiro atoms. The molecule has 0 heterocycles. The number of ketones is 2. The number of hydrogen-bond acceptors (Lipinski definition) is 3. The first kappa shape index (κ1) is 16.5. The molecule has 0 unspecified atom stereocenters. The van der Waals surface area contributed by atoms with Gasteiger partial charge in [-0.3, -0.25) is 9.59 Å². The highest BCUT2D eigenvalue weighted by Crippen LogP contribution is 2.66. The fourth-order valence-corrected chi connectivity index (χ4v) is 7.33. The zero-order valence-corrected chi connectivity index (χ0v) is 15.0. The van der Waals surface area contributed by atoms with Crippen molar-refractivity contribution in [2.45, 2.75) is 65.2 Å². The summed E-state index contributed by atoms with van der Waals surface area (Å²) in [6.07, 6.45) is 9.80. The average Bonchev–Trinajstić information content (AvgIpc) is 2.91. The average molecular weight is 330 g/mol. The zero-order chi connectivity index (χ0) is 17.1. The molecule has 0 aromatic heterocycles. The SMILES string of the molecule is CC(=O)[C@@H]1CC[C@@H]2[C@@H]3CCC4=CC(=O)CC[C@]4(CO)[C@@H]3CC[C@@]21C. The van der Waals surface area contributed by atoms with Gasteiger partial charge in [-0.25, -0.2) is 0 Å². The first-order chi connectivity index (χ1) is 11.4. The maximum atomic E-state index is 12.2. The van der Waals surface area contributed by atoms with Gasteiger partial charge in [0.05, 0.1) is 6.61 Å². The Bertz CT molecular complexity index is 606. The number of rotatable bonds is 2. The standard InChI is InChI=1S/C21H30O3/c1-13(23)17-5-6-18-16-4-3-14-11-15(24)7-10-21(14,12-22)19(16)8-9-20(17,18)2/h11,16-19,22H,3-10,12H2,1-2H3/t16-,17-,18+,19+,20+,21+/m0/s1. The fourth-order valence-electron chi connectivity index (χ4n) is 7.33. The van der Waals surface area contributed by atoms with Gasteiger partial charge in [0.1, 0.15) is 5.78 Å². The molecule has 0 saturated heterocycles. The van der Waals surface area contributed by atoms with Crippen molar-refractivity contribution in [1.82, 2.24) is 0 Å². The molecule has 6 atom stereocenters. The monoisotopic (exact) mass is 330 g/mol. The molecule has 0 radical (unpaired) electrons. The van der Waals surface area contributed by atoms with Crippen molar-refractivity contribution in [2.24, 2.45) is 34.5 Å². The Morgan fingerprint density at radius 2 is 1.96 bits per heavy atom. The summed E-state index contributed by atoms with van der Waals surface area (Å²) < 4.78 is 0. The summed E-state index contributed by atoms with van der Waals surface area (Å²) in [5, 5.41) is 10.3. The first-order valence-electron chi connectivity index (χ1n) is 9.77. The molecule has 4 aliphatic carbocycles. The van der Waals surface area contributed by atoms with Crippen LogP contribution in [0.25, 0.3) is 0 Å². The Morgan fingerprint density at radius 3 is 2.67 bits per heavy atom. The second-order valence-electron chi connectivity index (χ2n) is 9.15. The Balaban J connectivity index is 1.69. The summed E-state index contributed by atoms with van der Waals surface area (Å²) in [7, 11) is 0. The quantitative estimate of drug-likeness (QED) is 0.840. The highest BCUT2D eigenvalue weighted by molar-refractivity contribution is 5.91. The van der Waals surface area contributed by atoms with Gasteiger partial charge >= 0.3 is 0 Å². The van der Waals surface area contributed by atoms with E-state index in [-0.39, 0.29) is 29.1 Å². The lowest BCUT2D eigenvalue weighted by atomic mass is 9.46. The van der Waals surface area contributed by atoms with Crippen LogP contribution in [0.1, 0.15) is 65.2 Å². The third-order valence-electron chi connectivity index (χ3n) is 8.46. The Hall–Kier alpha value is -0.960. The van der Waals surface area contributed by atoms with E-state index >= 15 is 0 Å². The van der Waals surface area contributed by atoms with E-state index in [0.717, 1.165) is 38.5 Å². The lowest BCUT2D eigenvalue weighted by Gasteiger charge is -2.58. The number of aliphatic hydroxyl groups is 1. The van der Waals surface area contributed by atoms with Crippen LogP contribution in [0.4, 0.5) is 0 Å².